The van der Waals surface area contributed by atoms with Crippen LogP contribution in [-0.4, -0.2) is 39.8 Å². The van der Waals surface area contributed by atoms with Gasteiger partial charge in [0, 0.05) is 0 Å². The fourth-order valence-electron chi connectivity index (χ4n) is 2.08. The predicted octanol–water partition coefficient (Wildman–Crippen LogP) is 0.932. The Bertz CT molecular complexity index is 683. The van der Waals surface area contributed by atoms with Crippen molar-refractivity contribution in [3.05, 3.63) is 29.8 Å². The standard InChI is InChI=1S/C12H16ClNO4S2/c1-2-9-3-5-10(6-4-9)20(17,18)14-12-8-19(15,16)7-11(12)13/h3-6,11-12,14H,2,7-8H2,1H3/t11-,12+/m0/s1. The Hall–Kier alpha value is -0.630. The number of aryl methyl sites for hydroxylation is 1. The lowest BCUT2D eigenvalue weighted by molar-refractivity contribution is 0.563. The van der Waals surface area contributed by atoms with Gasteiger partial charge >= 0.3 is 0 Å². The van der Waals surface area contributed by atoms with Gasteiger partial charge in [0.2, 0.25) is 10.0 Å². The molecule has 8 heteroatoms. The van der Waals surface area contributed by atoms with Crippen molar-refractivity contribution in [3.8, 4) is 0 Å². The van der Waals surface area contributed by atoms with E-state index >= 15 is 0 Å². The molecule has 1 aromatic carbocycles. The number of alkyl halides is 1. The lowest BCUT2D eigenvalue weighted by atomic mass is 10.2. The van der Waals surface area contributed by atoms with Gasteiger partial charge in [-0.1, -0.05) is 19.1 Å². The van der Waals surface area contributed by atoms with E-state index in [0.717, 1.165) is 12.0 Å². The second kappa shape index (κ2) is 5.63. The molecule has 0 amide bonds. The highest BCUT2D eigenvalue weighted by atomic mass is 35.5. The summed E-state index contributed by atoms with van der Waals surface area (Å²) >= 11 is 5.90. The average molecular weight is 338 g/mol. The fourth-order valence-corrected chi connectivity index (χ4v) is 6.09. The van der Waals surface area contributed by atoms with E-state index in [-0.39, 0.29) is 16.4 Å². The summed E-state index contributed by atoms with van der Waals surface area (Å²) < 4.78 is 49.6. The van der Waals surface area contributed by atoms with E-state index in [0.29, 0.717) is 0 Å². The van der Waals surface area contributed by atoms with Crippen LogP contribution in [0.25, 0.3) is 0 Å². The van der Waals surface area contributed by atoms with Gasteiger partial charge in [0.05, 0.1) is 27.8 Å². The first-order chi connectivity index (χ1) is 9.23. The van der Waals surface area contributed by atoms with Gasteiger partial charge in [-0.15, -0.1) is 11.6 Å². The topological polar surface area (TPSA) is 80.3 Å². The van der Waals surface area contributed by atoms with Crippen LogP contribution in [0.3, 0.4) is 0 Å². The van der Waals surface area contributed by atoms with E-state index in [2.05, 4.69) is 4.72 Å². The summed E-state index contributed by atoms with van der Waals surface area (Å²) in [5, 5.41) is -0.732. The van der Waals surface area contributed by atoms with Gasteiger partial charge < -0.3 is 0 Å². The molecule has 0 aliphatic carbocycles. The van der Waals surface area contributed by atoms with Crippen LogP contribution >= 0.6 is 11.6 Å². The van der Waals surface area contributed by atoms with Gasteiger partial charge in [-0.05, 0) is 24.1 Å². The molecule has 1 aromatic rings. The van der Waals surface area contributed by atoms with Gasteiger partial charge in [-0.2, -0.15) is 0 Å². The number of hydrogen-bond donors (Lipinski definition) is 1. The lowest BCUT2D eigenvalue weighted by Crippen LogP contribution is -2.40. The highest BCUT2D eigenvalue weighted by Gasteiger charge is 2.38. The third-order valence-corrected chi connectivity index (χ3v) is 7.11. The first kappa shape index (κ1) is 15.8. The summed E-state index contributed by atoms with van der Waals surface area (Å²) in [5.74, 6) is -0.454. The van der Waals surface area contributed by atoms with Crippen LogP contribution in [0.4, 0.5) is 0 Å². The number of halogens is 1. The quantitative estimate of drug-likeness (QED) is 0.829. The fraction of sp³-hybridized carbons (Fsp3) is 0.500. The molecule has 1 aliphatic rings. The third-order valence-electron chi connectivity index (χ3n) is 3.23. The molecule has 1 heterocycles. The van der Waals surface area contributed by atoms with Gasteiger partial charge in [-0.25, -0.2) is 21.6 Å². The number of benzene rings is 1. The van der Waals surface area contributed by atoms with Crippen LogP contribution in [0.1, 0.15) is 12.5 Å². The van der Waals surface area contributed by atoms with E-state index in [1.165, 1.54) is 12.1 Å². The Morgan fingerprint density at radius 2 is 1.85 bits per heavy atom. The molecule has 1 aliphatic heterocycles. The zero-order chi connectivity index (χ0) is 15.0. The van der Waals surface area contributed by atoms with Crippen LogP contribution in [0.2, 0.25) is 0 Å². The van der Waals surface area contributed by atoms with Crippen LogP contribution in [0.15, 0.2) is 29.2 Å². The zero-order valence-electron chi connectivity index (χ0n) is 10.9. The summed E-state index contributed by atoms with van der Waals surface area (Å²) in [4.78, 5) is 0.114. The Labute approximate surface area is 124 Å². The normalized spacial score (nSPS) is 25.7. The maximum atomic E-state index is 12.2. The predicted molar refractivity (Wildman–Crippen MR) is 78.2 cm³/mol. The molecule has 5 nitrogen and oxygen atoms in total. The smallest absolute Gasteiger partial charge is 0.229 e. The molecule has 0 unspecified atom stereocenters. The zero-order valence-corrected chi connectivity index (χ0v) is 13.3. The molecule has 1 N–H and O–H groups in total. The van der Waals surface area contributed by atoms with E-state index in [4.69, 9.17) is 11.6 Å². The molecule has 2 rings (SSSR count). The van der Waals surface area contributed by atoms with Crippen molar-refractivity contribution in [1.29, 1.82) is 0 Å². The number of rotatable bonds is 4. The largest absolute Gasteiger partial charge is 0.240 e. The third kappa shape index (κ3) is 3.52. The maximum Gasteiger partial charge on any atom is 0.240 e. The summed E-state index contributed by atoms with van der Waals surface area (Å²) in [7, 11) is -7.02. The van der Waals surface area contributed by atoms with Crippen molar-refractivity contribution < 1.29 is 16.8 Å². The molecular weight excluding hydrogens is 322 g/mol. The highest BCUT2D eigenvalue weighted by Crippen LogP contribution is 2.20. The molecular formula is C12H16ClNO4S2. The van der Waals surface area contributed by atoms with Crippen molar-refractivity contribution >= 4 is 31.5 Å². The van der Waals surface area contributed by atoms with Gasteiger partial charge in [0.1, 0.15) is 0 Å². The minimum Gasteiger partial charge on any atom is -0.229 e. The second-order valence-corrected chi connectivity index (χ2v) is 9.25. The van der Waals surface area contributed by atoms with Crippen molar-refractivity contribution in [3.63, 3.8) is 0 Å². The lowest BCUT2D eigenvalue weighted by Gasteiger charge is -2.14. The summed E-state index contributed by atoms with van der Waals surface area (Å²) in [5.41, 5.74) is 1.03. The molecule has 0 bridgehead atoms. The molecule has 0 spiro atoms. The summed E-state index contributed by atoms with van der Waals surface area (Å²) in [6, 6.07) is 5.70. The number of nitrogens with one attached hydrogen (secondary N) is 1. The minimum atomic E-state index is -3.75. The highest BCUT2D eigenvalue weighted by molar-refractivity contribution is 7.92. The van der Waals surface area contributed by atoms with Crippen LogP contribution in [0.5, 0.6) is 0 Å². The first-order valence-electron chi connectivity index (χ1n) is 6.19. The molecule has 0 saturated carbocycles. The van der Waals surface area contributed by atoms with Crippen molar-refractivity contribution in [2.75, 3.05) is 11.5 Å². The Balaban J connectivity index is 2.19. The van der Waals surface area contributed by atoms with E-state index in [9.17, 15) is 16.8 Å². The molecule has 0 radical (unpaired) electrons. The van der Waals surface area contributed by atoms with Crippen LogP contribution in [0, 0.1) is 0 Å². The SMILES string of the molecule is CCc1ccc(S(=O)(=O)N[C@@H]2CS(=O)(=O)C[C@@H]2Cl)cc1. The van der Waals surface area contributed by atoms with E-state index in [1.54, 1.807) is 12.1 Å². The summed E-state index contributed by atoms with van der Waals surface area (Å²) in [6.45, 7) is 1.98. The Morgan fingerprint density at radius 1 is 1.25 bits per heavy atom. The molecule has 20 heavy (non-hydrogen) atoms. The van der Waals surface area contributed by atoms with E-state index < -0.39 is 31.3 Å². The number of hydrogen-bond acceptors (Lipinski definition) is 4. The Kier molecular flexibility index (Phi) is 4.44. The number of sulfonamides is 1. The molecule has 112 valence electrons. The second-order valence-electron chi connectivity index (χ2n) is 4.82. The van der Waals surface area contributed by atoms with Gasteiger partial charge in [0.25, 0.3) is 0 Å². The van der Waals surface area contributed by atoms with E-state index in [1.807, 2.05) is 6.92 Å². The minimum absolute atomic E-state index is 0.114. The van der Waals surface area contributed by atoms with Crippen LogP contribution < -0.4 is 4.72 Å². The van der Waals surface area contributed by atoms with Crippen LogP contribution in [-0.2, 0) is 26.3 Å². The molecule has 1 saturated heterocycles. The maximum absolute atomic E-state index is 12.2. The van der Waals surface area contributed by atoms with Gasteiger partial charge in [0.15, 0.2) is 9.84 Å². The van der Waals surface area contributed by atoms with Crippen molar-refractivity contribution in [2.45, 2.75) is 29.7 Å². The molecule has 2 atom stereocenters. The Morgan fingerprint density at radius 3 is 2.30 bits per heavy atom. The monoisotopic (exact) mass is 337 g/mol. The number of sulfone groups is 1. The molecule has 1 fully saturated rings. The molecule has 0 aromatic heterocycles. The summed E-state index contributed by atoms with van der Waals surface area (Å²) in [6.07, 6.45) is 0.818. The average Bonchev–Trinajstić information content (AvgIpc) is 2.61. The van der Waals surface area contributed by atoms with Crippen molar-refractivity contribution in [1.82, 2.24) is 4.72 Å². The van der Waals surface area contributed by atoms with Gasteiger partial charge in [-0.3, -0.25) is 0 Å². The van der Waals surface area contributed by atoms with Crippen molar-refractivity contribution in [2.24, 2.45) is 0 Å². The first-order valence-corrected chi connectivity index (χ1v) is 9.93.